The summed E-state index contributed by atoms with van der Waals surface area (Å²) in [4.78, 5) is 14.6. The number of hydrogen-bond donors (Lipinski definition) is 1. The van der Waals surface area contributed by atoms with Gasteiger partial charge in [0.25, 0.3) is 0 Å². The molecule has 2 saturated heterocycles. The Morgan fingerprint density at radius 2 is 2.07 bits per heavy atom. The fraction of sp³-hybridized carbons (Fsp3) is 0.526. The van der Waals surface area contributed by atoms with Crippen LogP contribution in [0.5, 0.6) is 0 Å². The Balaban J connectivity index is 1.70. The molecule has 7 nitrogen and oxygen atoms in total. The van der Waals surface area contributed by atoms with Gasteiger partial charge in [0.05, 0.1) is 24.2 Å². The molecule has 8 heteroatoms. The van der Waals surface area contributed by atoms with Crippen LogP contribution in [0.4, 0.5) is 5.95 Å². The summed E-state index contributed by atoms with van der Waals surface area (Å²) >= 11 is 1.52. The topological polar surface area (TPSA) is 72.3 Å². The predicted octanol–water partition coefficient (Wildman–Crippen LogP) is 2.17. The average molecular weight is 388 g/mol. The Hall–Kier alpha value is -2.06. The summed E-state index contributed by atoms with van der Waals surface area (Å²) in [6, 6.07) is 8.32. The summed E-state index contributed by atoms with van der Waals surface area (Å²) in [5, 5.41) is 12.6. The van der Waals surface area contributed by atoms with E-state index in [1.165, 1.54) is 17.3 Å². The van der Waals surface area contributed by atoms with Gasteiger partial charge in [-0.1, -0.05) is 30.3 Å². The number of rotatable bonds is 4. The van der Waals surface area contributed by atoms with Crippen LogP contribution in [0, 0.1) is 6.92 Å². The van der Waals surface area contributed by atoms with E-state index < -0.39 is 0 Å². The van der Waals surface area contributed by atoms with E-state index in [2.05, 4.69) is 50.1 Å². The van der Waals surface area contributed by atoms with E-state index >= 15 is 0 Å². The third-order valence-electron chi connectivity index (χ3n) is 4.90. The summed E-state index contributed by atoms with van der Waals surface area (Å²) < 4.78 is 7.57. The quantitative estimate of drug-likeness (QED) is 0.867. The maximum Gasteiger partial charge on any atom is 0.233 e. The van der Waals surface area contributed by atoms with Gasteiger partial charge in [-0.2, -0.15) is 0 Å². The lowest BCUT2D eigenvalue weighted by Crippen LogP contribution is -2.38. The number of hydrogen-bond acceptors (Lipinski definition) is 6. The summed E-state index contributed by atoms with van der Waals surface area (Å²) in [5.41, 5.74) is 2.20. The molecule has 3 heterocycles. The first-order valence-electron chi connectivity index (χ1n) is 9.52. The number of anilines is 1. The first-order chi connectivity index (χ1) is 13.2. The highest BCUT2D eigenvalue weighted by Gasteiger charge is 2.27. The normalized spacial score (nSPS) is 21.0. The number of ether oxygens (including phenoxy) is 1. The van der Waals surface area contributed by atoms with E-state index in [0.29, 0.717) is 13.2 Å². The fourth-order valence-corrected chi connectivity index (χ4v) is 4.56. The van der Waals surface area contributed by atoms with Gasteiger partial charge in [-0.25, -0.2) is 0 Å². The number of nitrogens with one attached hydrogen (secondary N) is 1. The molecule has 0 saturated carbocycles. The lowest BCUT2D eigenvalue weighted by atomic mass is 10.2. The number of aromatic nitrogens is 3. The standard InChI is InChI=1S/C19H25N5O2S/c1-14-5-4-6-15(13-14)24-18(23-9-11-26-12-10-23)21-22-19(24)27-16-7-2-3-8-20-17(16)25/h4-6,13,16H,2-3,7-12H2,1H3,(H,20,25). The number of thioether (sulfide) groups is 1. The minimum atomic E-state index is -0.127. The van der Waals surface area contributed by atoms with Crippen molar-refractivity contribution in [1.29, 1.82) is 0 Å². The second kappa shape index (κ2) is 8.31. The molecule has 2 fully saturated rings. The van der Waals surface area contributed by atoms with Crippen LogP contribution in [0.1, 0.15) is 24.8 Å². The van der Waals surface area contributed by atoms with Crippen LogP contribution < -0.4 is 10.2 Å². The van der Waals surface area contributed by atoms with Gasteiger partial charge in [-0.3, -0.25) is 9.36 Å². The third-order valence-corrected chi connectivity index (χ3v) is 6.11. The number of benzene rings is 1. The summed E-state index contributed by atoms with van der Waals surface area (Å²) in [6.45, 7) is 5.80. The number of morpholine rings is 1. The SMILES string of the molecule is Cc1cccc(-n2c(SC3CCCCNC3=O)nnc2N2CCOCC2)c1. The number of nitrogens with zero attached hydrogens (tertiary/aromatic N) is 4. The largest absolute Gasteiger partial charge is 0.378 e. The smallest absolute Gasteiger partial charge is 0.233 e. The van der Waals surface area contributed by atoms with Crippen molar-refractivity contribution in [2.45, 2.75) is 36.6 Å². The van der Waals surface area contributed by atoms with Gasteiger partial charge in [-0.05, 0) is 37.5 Å². The Bertz CT molecular complexity index is 803. The maximum absolute atomic E-state index is 12.4. The second-order valence-electron chi connectivity index (χ2n) is 6.95. The van der Waals surface area contributed by atoms with Crippen molar-refractivity contribution in [2.75, 3.05) is 37.7 Å². The number of carbonyl (C=O) groups excluding carboxylic acids is 1. The van der Waals surface area contributed by atoms with Crippen LogP contribution in [0.2, 0.25) is 0 Å². The fourth-order valence-electron chi connectivity index (χ4n) is 3.45. The molecule has 1 atom stereocenters. The van der Waals surface area contributed by atoms with Crippen molar-refractivity contribution in [1.82, 2.24) is 20.1 Å². The summed E-state index contributed by atoms with van der Waals surface area (Å²) in [5.74, 6) is 0.921. The molecule has 0 aliphatic carbocycles. The van der Waals surface area contributed by atoms with Crippen molar-refractivity contribution in [3.05, 3.63) is 29.8 Å². The Labute approximate surface area is 163 Å². The monoisotopic (exact) mass is 387 g/mol. The van der Waals surface area contributed by atoms with E-state index in [0.717, 1.165) is 55.7 Å². The van der Waals surface area contributed by atoms with Crippen molar-refractivity contribution in [3.63, 3.8) is 0 Å². The van der Waals surface area contributed by atoms with E-state index in [4.69, 9.17) is 4.74 Å². The Morgan fingerprint density at radius 1 is 1.22 bits per heavy atom. The van der Waals surface area contributed by atoms with E-state index in [1.807, 2.05) is 6.07 Å². The maximum atomic E-state index is 12.4. The van der Waals surface area contributed by atoms with Gasteiger partial charge in [0.2, 0.25) is 11.9 Å². The number of amides is 1. The minimum Gasteiger partial charge on any atom is -0.378 e. The van der Waals surface area contributed by atoms with Gasteiger partial charge >= 0.3 is 0 Å². The zero-order valence-corrected chi connectivity index (χ0v) is 16.4. The van der Waals surface area contributed by atoms with E-state index in [1.54, 1.807) is 0 Å². The molecule has 1 amide bonds. The molecule has 1 aromatic heterocycles. The van der Waals surface area contributed by atoms with Crippen LogP contribution in [-0.2, 0) is 9.53 Å². The zero-order chi connectivity index (χ0) is 18.6. The predicted molar refractivity (Wildman–Crippen MR) is 106 cm³/mol. The molecule has 0 bridgehead atoms. The Morgan fingerprint density at radius 3 is 2.89 bits per heavy atom. The highest BCUT2D eigenvalue weighted by molar-refractivity contribution is 8.00. The Kier molecular flexibility index (Phi) is 5.63. The van der Waals surface area contributed by atoms with Crippen LogP contribution in [0.15, 0.2) is 29.4 Å². The molecule has 1 N–H and O–H groups in total. The highest BCUT2D eigenvalue weighted by Crippen LogP contribution is 2.32. The minimum absolute atomic E-state index is 0.101. The lowest BCUT2D eigenvalue weighted by molar-refractivity contribution is -0.120. The third kappa shape index (κ3) is 4.11. The molecule has 0 spiro atoms. The summed E-state index contributed by atoms with van der Waals surface area (Å²) in [6.07, 6.45) is 2.95. The van der Waals surface area contributed by atoms with Crippen molar-refractivity contribution in [2.24, 2.45) is 0 Å². The molecular formula is C19H25N5O2S. The van der Waals surface area contributed by atoms with Crippen molar-refractivity contribution < 1.29 is 9.53 Å². The molecule has 144 valence electrons. The van der Waals surface area contributed by atoms with E-state index in [-0.39, 0.29) is 11.2 Å². The van der Waals surface area contributed by atoms with Crippen LogP contribution in [0.3, 0.4) is 0 Å². The van der Waals surface area contributed by atoms with Gasteiger partial charge in [0.1, 0.15) is 0 Å². The first kappa shape index (κ1) is 18.3. The van der Waals surface area contributed by atoms with Gasteiger partial charge in [-0.15, -0.1) is 10.2 Å². The molecular weight excluding hydrogens is 362 g/mol. The van der Waals surface area contributed by atoms with Crippen molar-refractivity contribution >= 4 is 23.6 Å². The van der Waals surface area contributed by atoms with E-state index in [9.17, 15) is 4.79 Å². The zero-order valence-electron chi connectivity index (χ0n) is 15.6. The summed E-state index contributed by atoms with van der Waals surface area (Å²) in [7, 11) is 0. The molecule has 2 aliphatic rings. The molecule has 2 aromatic rings. The molecule has 27 heavy (non-hydrogen) atoms. The van der Waals surface area contributed by atoms with Gasteiger partial charge in [0, 0.05) is 19.6 Å². The van der Waals surface area contributed by atoms with Crippen molar-refractivity contribution in [3.8, 4) is 5.69 Å². The van der Waals surface area contributed by atoms with Crippen LogP contribution >= 0.6 is 11.8 Å². The van der Waals surface area contributed by atoms with Crippen LogP contribution in [0.25, 0.3) is 5.69 Å². The number of aryl methyl sites for hydroxylation is 1. The highest BCUT2D eigenvalue weighted by atomic mass is 32.2. The van der Waals surface area contributed by atoms with Gasteiger partial charge in [0.15, 0.2) is 5.16 Å². The second-order valence-corrected chi connectivity index (χ2v) is 8.12. The molecule has 1 unspecified atom stereocenters. The van der Waals surface area contributed by atoms with Gasteiger partial charge < -0.3 is 15.0 Å². The molecule has 4 rings (SSSR count). The average Bonchev–Trinajstić information content (AvgIpc) is 3.00. The van der Waals surface area contributed by atoms with Crippen LogP contribution in [-0.4, -0.2) is 58.8 Å². The molecule has 0 radical (unpaired) electrons. The molecule has 2 aliphatic heterocycles. The molecule has 1 aromatic carbocycles. The lowest BCUT2D eigenvalue weighted by Gasteiger charge is -2.28. The number of carbonyl (C=O) groups is 1. The first-order valence-corrected chi connectivity index (χ1v) is 10.4.